The van der Waals surface area contributed by atoms with Crippen molar-refractivity contribution in [2.45, 2.75) is 51.2 Å². The number of hydrogen-bond donors (Lipinski definition) is 1. The molecule has 0 radical (unpaired) electrons. The Balaban J connectivity index is 1.86. The molecule has 1 aromatic rings. The number of hydrogen-bond acceptors (Lipinski definition) is 5. The number of likely N-dealkylation sites (N-methyl/N-ethyl adjacent to an activating group) is 1. The van der Waals surface area contributed by atoms with Gasteiger partial charge in [0.25, 0.3) is 5.91 Å². The molecule has 0 aromatic heterocycles. The summed E-state index contributed by atoms with van der Waals surface area (Å²) in [5.74, 6) is -0.319. The number of rotatable bonds is 10. The van der Waals surface area contributed by atoms with Crippen LogP contribution < -0.4 is 10.1 Å². The molecule has 1 fully saturated rings. The lowest BCUT2D eigenvalue weighted by Gasteiger charge is -2.19. The molecule has 1 aromatic carbocycles. The first-order valence-corrected chi connectivity index (χ1v) is 12.1. The van der Waals surface area contributed by atoms with Crippen molar-refractivity contribution in [3.8, 4) is 5.75 Å². The molecular weight excluding hydrogens is 416 g/mol. The molecular formula is C20H29ClN2O5S. The zero-order valence-corrected chi connectivity index (χ0v) is 18.5. The number of benzene rings is 1. The molecule has 29 heavy (non-hydrogen) atoms. The van der Waals surface area contributed by atoms with Crippen LogP contribution in [0.2, 0.25) is 5.02 Å². The van der Waals surface area contributed by atoms with Gasteiger partial charge in [0.2, 0.25) is 5.91 Å². The number of carbonyl (C=O) groups is 2. The second kappa shape index (κ2) is 10.8. The van der Waals surface area contributed by atoms with Crippen LogP contribution in [0.4, 0.5) is 5.69 Å². The smallest absolute Gasteiger partial charge is 0.260 e. The van der Waals surface area contributed by atoms with Crippen LogP contribution in [0.5, 0.6) is 5.75 Å². The van der Waals surface area contributed by atoms with Gasteiger partial charge in [-0.2, -0.15) is 0 Å². The van der Waals surface area contributed by atoms with Crippen LogP contribution in [-0.4, -0.2) is 55.8 Å². The van der Waals surface area contributed by atoms with Gasteiger partial charge in [-0.1, -0.05) is 24.4 Å². The first-order chi connectivity index (χ1) is 13.8. The van der Waals surface area contributed by atoms with Crippen molar-refractivity contribution < 1.29 is 22.7 Å². The molecule has 1 aliphatic rings. The summed E-state index contributed by atoms with van der Waals surface area (Å²) in [5, 5.41) is 2.61. The number of amides is 2. The fourth-order valence-corrected chi connectivity index (χ4v) is 5.47. The van der Waals surface area contributed by atoms with Crippen LogP contribution in [0.3, 0.4) is 0 Å². The Labute approximate surface area is 177 Å². The highest BCUT2D eigenvalue weighted by Gasteiger charge is 2.28. The van der Waals surface area contributed by atoms with Gasteiger partial charge in [0, 0.05) is 25.2 Å². The second-order valence-electron chi connectivity index (χ2n) is 7.07. The van der Waals surface area contributed by atoms with Crippen molar-refractivity contribution >= 4 is 38.9 Å². The van der Waals surface area contributed by atoms with Gasteiger partial charge in [0.05, 0.1) is 16.0 Å². The zero-order chi connectivity index (χ0) is 21.4. The number of anilines is 1. The summed E-state index contributed by atoms with van der Waals surface area (Å²) < 4.78 is 30.0. The van der Waals surface area contributed by atoms with E-state index in [0.29, 0.717) is 37.4 Å². The summed E-state index contributed by atoms with van der Waals surface area (Å²) >= 11 is 6.18. The Kier molecular flexibility index (Phi) is 8.77. The minimum absolute atomic E-state index is 0.0902. The van der Waals surface area contributed by atoms with E-state index in [-0.39, 0.29) is 40.9 Å². The Morgan fingerprint density at radius 1 is 1.21 bits per heavy atom. The molecule has 1 saturated carbocycles. The Morgan fingerprint density at radius 2 is 1.86 bits per heavy atom. The molecule has 0 heterocycles. The lowest BCUT2D eigenvalue weighted by molar-refractivity contribution is -0.133. The molecule has 0 saturated heterocycles. The summed E-state index contributed by atoms with van der Waals surface area (Å²) in [7, 11) is -3.23. The van der Waals surface area contributed by atoms with Gasteiger partial charge in [-0.3, -0.25) is 9.59 Å². The summed E-state index contributed by atoms with van der Waals surface area (Å²) in [6, 6.07) is 4.69. The first kappa shape index (κ1) is 23.5. The van der Waals surface area contributed by atoms with Gasteiger partial charge in [-0.05, 0) is 44.9 Å². The third kappa shape index (κ3) is 6.89. The number of carbonyl (C=O) groups excluding carboxylic acids is 2. The van der Waals surface area contributed by atoms with E-state index in [9.17, 15) is 18.0 Å². The lowest BCUT2D eigenvalue weighted by atomic mass is 10.3. The highest BCUT2D eigenvalue weighted by Crippen LogP contribution is 2.28. The minimum Gasteiger partial charge on any atom is -0.482 e. The SMILES string of the molecule is CCN(CC)C(=O)COc1ccc(NC(=O)CCS(=O)(=O)C2CCCC2)cc1Cl. The topological polar surface area (TPSA) is 92.8 Å². The molecule has 0 atom stereocenters. The van der Waals surface area contributed by atoms with Crippen LogP contribution in [-0.2, 0) is 19.4 Å². The highest BCUT2D eigenvalue weighted by molar-refractivity contribution is 7.92. The van der Waals surface area contributed by atoms with Crippen LogP contribution in [0, 0.1) is 0 Å². The number of ether oxygens (including phenoxy) is 1. The van der Waals surface area contributed by atoms with Gasteiger partial charge in [0.1, 0.15) is 5.75 Å². The maximum absolute atomic E-state index is 12.3. The van der Waals surface area contributed by atoms with Crippen molar-refractivity contribution in [2.24, 2.45) is 0 Å². The molecule has 0 aliphatic heterocycles. The number of nitrogens with one attached hydrogen (secondary N) is 1. The first-order valence-electron chi connectivity index (χ1n) is 9.98. The summed E-state index contributed by atoms with van der Waals surface area (Å²) in [6.45, 7) is 4.88. The van der Waals surface area contributed by atoms with E-state index in [4.69, 9.17) is 16.3 Å². The second-order valence-corrected chi connectivity index (χ2v) is 9.88. The molecule has 7 nitrogen and oxygen atoms in total. The van der Waals surface area contributed by atoms with E-state index in [1.807, 2.05) is 13.8 Å². The Hall–Kier alpha value is -1.80. The maximum Gasteiger partial charge on any atom is 0.260 e. The van der Waals surface area contributed by atoms with Gasteiger partial charge in [0.15, 0.2) is 16.4 Å². The van der Waals surface area contributed by atoms with E-state index in [1.165, 1.54) is 6.07 Å². The fraction of sp³-hybridized carbons (Fsp3) is 0.600. The molecule has 2 amide bonds. The van der Waals surface area contributed by atoms with Crippen LogP contribution in [0.25, 0.3) is 0 Å². The van der Waals surface area contributed by atoms with E-state index < -0.39 is 9.84 Å². The number of nitrogens with zero attached hydrogens (tertiary/aromatic N) is 1. The third-order valence-corrected chi connectivity index (χ3v) is 7.66. The monoisotopic (exact) mass is 444 g/mol. The fourth-order valence-electron chi connectivity index (χ4n) is 3.38. The molecule has 162 valence electrons. The van der Waals surface area contributed by atoms with Gasteiger partial charge in [-0.15, -0.1) is 0 Å². The predicted octanol–water partition coefficient (Wildman–Crippen LogP) is 3.27. The van der Waals surface area contributed by atoms with Gasteiger partial charge >= 0.3 is 0 Å². The van der Waals surface area contributed by atoms with Crippen molar-refractivity contribution in [3.63, 3.8) is 0 Å². The standard InChI is InChI=1S/C20H29ClN2O5S/c1-3-23(4-2)20(25)14-28-18-10-9-15(13-17(18)21)22-19(24)11-12-29(26,27)16-7-5-6-8-16/h9-10,13,16H,3-8,11-12,14H2,1-2H3,(H,22,24). The molecule has 0 bridgehead atoms. The zero-order valence-electron chi connectivity index (χ0n) is 16.9. The Morgan fingerprint density at radius 3 is 2.45 bits per heavy atom. The molecule has 1 N–H and O–H groups in total. The average Bonchev–Trinajstić information content (AvgIpc) is 3.23. The van der Waals surface area contributed by atoms with Crippen molar-refractivity contribution in [1.82, 2.24) is 4.90 Å². The predicted molar refractivity (Wildman–Crippen MR) is 114 cm³/mol. The molecule has 0 spiro atoms. The van der Waals surface area contributed by atoms with E-state index >= 15 is 0 Å². The van der Waals surface area contributed by atoms with Gasteiger partial charge < -0.3 is 15.0 Å². The Bertz CT molecular complexity index is 818. The van der Waals surface area contributed by atoms with Crippen LogP contribution in [0.15, 0.2) is 18.2 Å². The maximum atomic E-state index is 12.3. The third-order valence-electron chi connectivity index (χ3n) is 5.11. The summed E-state index contributed by atoms with van der Waals surface area (Å²) in [4.78, 5) is 25.8. The normalized spacial score (nSPS) is 14.6. The van der Waals surface area contributed by atoms with Crippen LogP contribution in [0.1, 0.15) is 46.0 Å². The lowest BCUT2D eigenvalue weighted by Crippen LogP contribution is -2.34. The van der Waals surface area contributed by atoms with Gasteiger partial charge in [-0.25, -0.2) is 8.42 Å². The van der Waals surface area contributed by atoms with Crippen molar-refractivity contribution in [2.75, 3.05) is 30.8 Å². The largest absolute Gasteiger partial charge is 0.482 e. The highest BCUT2D eigenvalue weighted by atomic mass is 35.5. The molecule has 0 unspecified atom stereocenters. The van der Waals surface area contributed by atoms with Crippen LogP contribution >= 0.6 is 11.6 Å². The number of halogens is 1. The average molecular weight is 445 g/mol. The van der Waals surface area contributed by atoms with E-state index in [0.717, 1.165) is 12.8 Å². The van der Waals surface area contributed by atoms with E-state index in [1.54, 1.807) is 17.0 Å². The summed E-state index contributed by atoms with van der Waals surface area (Å²) in [6.07, 6.45) is 3.16. The molecule has 2 rings (SSSR count). The van der Waals surface area contributed by atoms with Crippen molar-refractivity contribution in [1.29, 1.82) is 0 Å². The quantitative estimate of drug-likeness (QED) is 0.597. The molecule has 9 heteroatoms. The summed E-state index contributed by atoms with van der Waals surface area (Å²) in [5.41, 5.74) is 0.445. The minimum atomic E-state index is -3.23. The van der Waals surface area contributed by atoms with Crippen molar-refractivity contribution in [3.05, 3.63) is 23.2 Å². The molecule has 1 aliphatic carbocycles. The number of sulfone groups is 1. The van der Waals surface area contributed by atoms with E-state index in [2.05, 4.69) is 5.32 Å².